The summed E-state index contributed by atoms with van der Waals surface area (Å²) in [4.78, 5) is 0. The van der Waals surface area contributed by atoms with E-state index in [1.807, 2.05) is 0 Å². The molecule has 42 valence electrons. The first kappa shape index (κ1) is 6.50. The summed E-state index contributed by atoms with van der Waals surface area (Å²) >= 11 is 0. The van der Waals surface area contributed by atoms with Crippen molar-refractivity contribution in [1.82, 2.24) is 0 Å². The van der Waals surface area contributed by atoms with Gasteiger partial charge in [-0.1, -0.05) is 5.16 Å². The van der Waals surface area contributed by atoms with Crippen LogP contribution < -0.4 is 5.73 Å². The number of hydrogen-bond acceptors (Lipinski definition) is 3. The summed E-state index contributed by atoms with van der Waals surface area (Å²) in [5.74, 6) is -0.0773. The third-order valence-electron chi connectivity index (χ3n) is 0.444. The summed E-state index contributed by atoms with van der Waals surface area (Å²) in [7, 11) is 0. The van der Waals surface area contributed by atoms with E-state index in [1.165, 1.54) is 6.08 Å². The molecule has 4 heteroatoms. The predicted molar refractivity (Wildman–Crippen MR) is 28.2 cm³/mol. The van der Waals surface area contributed by atoms with Crippen molar-refractivity contribution in [3.8, 4) is 6.07 Å². The molecule has 0 heterocycles. The van der Waals surface area contributed by atoms with Crippen molar-refractivity contribution in [2.45, 2.75) is 0 Å². The molecule has 0 aliphatic rings. The number of nitrogens with zero attached hydrogens (tertiary/aromatic N) is 2. The molecular formula is C4H5N3O. The van der Waals surface area contributed by atoms with Gasteiger partial charge in [0.15, 0.2) is 5.84 Å². The number of rotatable bonds is 1. The summed E-state index contributed by atoms with van der Waals surface area (Å²) in [6.45, 7) is 0. The van der Waals surface area contributed by atoms with E-state index in [-0.39, 0.29) is 5.84 Å². The lowest BCUT2D eigenvalue weighted by Gasteiger charge is -1.79. The Morgan fingerprint density at radius 3 is 2.88 bits per heavy atom. The van der Waals surface area contributed by atoms with Gasteiger partial charge in [0.2, 0.25) is 0 Å². The first-order valence-corrected chi connectivity index (χ1v) is 1.85. The molecule has 0 aliphatic carbocycles. The van der Waals surface area contributed by atoms with Crippen molar-refractivity contribution >= 4 is 5.84 Å². The standard InChI is InChI=1S/C4H5N3O/c5-3-1-2-4(6)7-8/h1-2,8H,(H2,6,7)/b2-1+. The number of nitriles is 1. The van der Waals surface area contributed by atoms with Gasteiger partial charge < -0.3 is 10.9 Å². The van der Waals surface area contributed by atoms with Crippen LogP contribution in [0, 0.1) is 11.3 Å². The Kier molecular flexibility index (Phi) is 2.99. The highest BCUT2D eigenvalue weighted by Gasteiger charge is 1.76. The van der Waals surface area contributed by atoms with Crippen molar-refractivity contribution in [1.29, 1.82) is 5.26 Å². The first-order valence-electron chi connectivity index (χ1n) is 1.85. The van der Waals surface area contributed by atoms with Crippen LogP contribution in [0.3, 0.4) is 0 Å². The monoisotopic (exact) mass is 111 g/mol. The van der Waals surface area contributed by atoms with Crippen molar-refractivity contribution in [3.05, 3.63) is 12.2 Å². The molecule has 0 saturated heterocycles. The van der Waals surface area contributed by atoms with Crippen LogP contribution in [0.5, 0.6) is 0 Å². The van der Waals surface area contributed by atoms with E-state index in [0.717, 1.165) is 6.08 Å². The Balaban J connectivity index is 3.75. The molecule has 0 radical (unpaired) electrons. The van der Waals surface area contributed by atoms with Gasteiger partial charge in [-0.05, 0) is 6.08 Å². The molecule has 0 spiro atoms. The molecule has 3 N–H and O–H groups in total. The zero-order valence-electron chi connectivity index (χ0n) is 4.07. The highest BCUT2D eigenvalue weighted by Crippen LogP contribution is 1.68. The maximum atomic E-state index is 7.88. The van der Waals surface area contributed by atoms with Gasteiger partial charge in [0, 0.05) is 6.08 Å². The van der Waals surface area contributed by atoms with Crippen LogP contribution in [-0.2, 0) is 0 Å². The number of nitrogens with two attached hydrogens (primary N) is 1. The van der Waals surface area contributed by atoms with Crippen LogP contribution >= 0.6 is 0 Å². The second-order valence-electron chi connectivity index (χ2n) is 0.987. The SMILES string of the molecule is N#C/C=C/C(N)=N\O. The third-order valence-corrected chi connectivity index (χ3v) is 0.444. The van der Waals surface area contributed by atoms with E-state index in [4.69, 9.17) is 16.2 Å². The molecule has 0 unspecified atom stereocenters. The van der Waals surface area contributed by atoms with Gasteiger partial charge in [0.1, 0.15) is 0 Å². The maximum absolute atomic E-state index is 7.88. The lowest BCUT2D eigenvalue weighted by molar-refractivity contribution is 0.319. The Morgan fingerprint density at radius 1 is 1.88 bits per heavy atom. The van der Waals surface area contributed by atoms with E-state index >= 15 is 0 Å². The lowest BCUT2D eigenvalue weighted by Crippen LogP contribution is -2.06. The molecule has 8 heavy (non-hydrogen) atoms. The minimum atomic E-state index is -0.0773. The Hall–Kier alpha value is -1.50. The van der Waals surface area contributed by atoms with Gasteiger partial charge in [-0.3, -0.25) is 0 Å². The van der Waals surface area contributed by atoms with Crippen molar-refractivity contribution < 1.29 is 5.21 Å². The molecule has 4 nitrogen and oxygen atoms in total. The molecule has 0 saturated carbocycles. The second-order valence-corrected chi connectivity index (χ2v) is 0.987. The summed E-state index contributed by atoms with van der Waals surface area (Å²) in [5, 5.41) is 18.3. The van der Waals surface area contributed by atoms with Crippen LogP contribution in [-0.4, -0.2) is 11.0 Å². The highest BCUT2D eigenvalue weighted by molar-refractivity contribution is 5.91. The maximum Gasteiger partial charge on any atom is 0.163 e. The third kappa shape index (κ3) is 2.72. The zero-order valence-corrected chi connectivity index (χ0v) is 4.07. The molecule has 0 aromatic rings. The molecule has 0 aliphatic heterocycles. The molecule has 0 atom stereocenters. The van der Waals surface area contributed by atoms with Gasteiger partial charge in [-0.15, -0.1) is 0 Å². The van der Waals surface area contributed by atoms with E-state index in [0.29, 0.717) is 0 Å². The summed E-state index contributed by atoms with van der Waals surface area (Å²) in [6.07, 6.45) is 2.31. The normalized spacial score (nSPS) is 11.6. The van der Waals surface area contributed by atoms with Crippen LogP contribution in [0.1, 0.15) is 0 Å². The van der Waals surface area contributed by atoms with Gasteiger partial charge in [-0.2, -0.15) is 5.26 Å². The van der Waals surface area contributed by atoms with Crippen LogP contribution in [0.25, 0.3) is 0 Å². The fourth-order valence-electron chi connectivity index (χ4n) is 0.156. The molecule has 0 aromatic heterocycles. The minimum absolute atomic E-state index is 0.0773. The van der Waals surface area contributed by atoms with Crippen LogP contribution in [0.4, 0.5) is 0 Å². The second kappa shape index (κ2) is 3.68. The Labute approximate surface area is 46.5 Å². The molecular weight excluding hydrogens is 106 g/mol. The van der Waals surface area contributed by atoms with Crippen LogP contribution in [0.15, 0.2) is 17.3 Å². The van der Waals surface area contributed by atoms with E-state index in [2.05, 4.69) is 5.16 Å². The quantitative estimate of drug-likeness (QED) is 0.162. The minimum Gasteiger partial charge on any atom is -0.409 e. The fraction of sp³-hybridized carbons (Fsp3) is 0. The summed E-state index contributed by atoms with van der Waals surface area (Å²) in [6, 6.07) is 1.68. The Bertz CT molecular complexity index is 153. The number of hydrogen-bond donors (Lipinski definition) is 2. The topological polar surface area (TPSA) is 82.4 Å². The number of allylic oxidation sites excluding steroid dienone is 1. The van der Waals surface area contributed by atoms with Crippen molar-refractivity contribution in [3.63, 3.8) is 0 Å². The van der Waals surface area contributed by atoms with E-state index in [1.54, 1.807) is 6.07 Å². The first-order chi connectivity index (χ1) is 3.81. The van der Waals surface area contributed by atoms with Gasteiger partial charge >= 0.3 is 0 Å². The number of oxime groups is 1. The molecule has 0 aromatic carbocycles. The van der Waals surface area contributed by atoms with Gasteiger partial charge in [0.05, 0.1) is 6.07 Å². The predicted octanol–water partition coefficient (Wildman–Crippen LogP) is -0.187. The van der Waals surface area contributed by atoms with Gasteiger partial charge in [0.25, 0.3) is 0 Å². The van der Waals surface area contributed by atoms with Gasteiger partial charge in [-0.25, -0.2) is 0 Å². The van der Waals surface area contributed by atoms with Crippen LogP contribution in [0.2, 0.25) is 0 Å². The number of amidine groups is 1. The average Bonchev–Trinajstić information content (AvgIpc) is 1.83. The van der Waals surface area contributed by atoms with Crippen molar-refractivity contribution in [2.75, 3.05) is 0 Å². The molecule has 0 amide bonds. The largest absolute Gasteiger partial charge is 0.409 e. The average molecular weight is 111 g/mol. The molecule has 0 bridgehead atoms. The fourth-order valence-corrected chi connectivity index (χ4v) is 0.156. The molecule has 0 rings (SSSR count). The summed E-state index contributed by atoms with van der Waals surface area (Å²) in [5.41, 5.74) is 4.92. The lowest BCUT2D eigenvalue weighted by atomic mass is 10.5. The highest BCUT2D eigenvalue weighted by atomic mass is 16.4. The summed E-state index contributed by atoms with van der Waals surface area (Å²) < 4.78 is 0. The Morgan fingerprint density at radius 2 is 2.50 bits per heavy atom. The molecule has 0 fully saturated rings. The zero-order chi connectivity index (χ0) is 6.41. The van der Waals surface area contributed by atoms with E-state index in [9.17, 15) is 0 Å². The van der Waals surface area contributed by atoms with E-state index < -0.39 is 0 Å². The van der Waals surface area contributed by atoms with Crippen molar-refractivity contribution in [2.24, 2.45) is 10.9 Å². The smallest absolute Gasteiger partial charge is 0.163 e.